The molecule has 174 valence electrons. The molecule has 0 fully saturated rings. The molecule has 0 aromatic heterocycles. The number of carbonyl (C=O) groups excluding carboxylic acids is 2. The zero-order chi connectivity index (χ0) is 23.7. The highest BCUT2D eigenvalue weighted by Gasteiger charge is 2.27. The van der Waals surface area contributed by atoms with Gasteiger partial charge in [0.15, 0.2) is 6.61 Å². The minimum absolute atomic E-state index is 0.104. The Bertz CT molecular complexity index is 902. The predicted molar refractivity (Wildman–Crippen MR) is 130 cm³/mol. The van der Waals surface area contributed by atoms with Gasteiger partial charge >= 0.3 is 0 Å². The van der Waals surface area contributed by atoms with Gasteiger partial charge in [-0.2, -0.15) is 0 Å². The zero-order valence-corrected chi connectivity index (χ0v) is 20.4. The summed E-state index contributed by atoms with van der Waals surface area (Å²) in [5.41, 5.74) is 3.04. The molecule has 2 amide bonds. The number of rotatable bonds is 10. The van der Waals surface area contributed by atoms with Gasteiger partial charge in [0, 0.05) is 13.1 Å². The van der Waals surface area contributed by atoms with Crippen LogP contribution >= 0.6 is 0 Å². The quantitative estimate of drug-likeness (QED) is 0.531. The lowest BCUT2D eigenvalue weighted by atomic mass is 9.86. The van der Waals surface area contributed by atoms with Gasteiger partial charge in [-0.15, -0.1) is 0 Å². The van der Waals surface area contributed by atoms with E-state index in [9.17, 15) is 9.59 Å². The maximum Gasteiger partial charge on any atom is 0.261 e. The number of aryl methyl sites for hydroxylation is 1. The molecule has 2 aromatic carbocycles. The summed E-state index contributed by atoms with van der Waals surface area (Å²) in [7, 11) is 0. The molecular weight excluding hydrogens is 400 g/mol. The van der Waals surface area contributed by atoms with Crippen LogP contribution in [0.3, 0.4) is 0 Å². The summed E-state index contributed by atoms with van der Waals surface area (Å²) in [5, 5.41) is 2.95. The summed E-state index contributed by atoms with van der Waals surface area (Å²) in [5.74, 6) is 0.340. The Morgan fingerprint density at radius 3 is 2.47 bits per heavy atom. The molecule has 5 heteroatoms. The normalized spacial score (nSPS) is 12.2. The largest absolute Gasteiger partial charge is 0.483 e. The summed E-state index contributed by atoms with van der Waals surface area (Å²) in [6.45, 7) is 13.1. The first-order chi connectivity index (χ1) is 15.1. The van der Waals surface area contributed by atoms with Crippen molar-refractivity contribution in [2.24, 2.45) is 0 Å². The average Bonchev–Trinajstić information content (AvgIpc) is 2.75. The summed E-state index contributed by atoms with van der Waals surface area (Å²) in [6, 6.07) is 15.2. The molecule has 0 bridgehead atoms. The second-order valence-corrected chi connectivity index (χ2v) is 9.37. The molecule has 0 aliphatic rings. The molecule has 0 spiro atoms. The summed E-state index contributed by atoms with van der Waals surface area (Å²) >= 11 is 0. The SMILES string of the molecule is CCCCNC(=O)[C@H](C)N(Cc1cccc(C)c1)C(=O)COc1ccccc1C(C)(C)C. The Hall–Kier alpha value is -2.82. The fourth-order valence-electron chi connectivity index (χ4n) is 3.56. The van der Waals surface area contributed by atoms with Crippen molar-refractivity contribution in [2.75, 3.05) is 13.2 Å². The zero-order valence-electron chi connectivity index (χ0n) is 20.4. The van der Waals surface area contributed by atoms with Crippen LogP contribution in [0, 0.1) is 6.92 Å². The first-order valence-corrected chi connectivity index (χ1v) is 11.5. The van der Waals surface area contributed by atoms with Gasteiger partial charge in [-0.05, 0) is 42.9 Å². The van der Waals surface area contributed by atoms with E-state index >= 15 is 0 Å². The molecule has 5 nitrogen and oxygen atoms in total. The highest BCUT2D eigenvalue weighted by molar-refractivity contribution is 5.88. The van der Waals surface area contributed by atoms with Gasteiger partial charge < -0.3 is 15.0 Å². The molecule has 0 heterocycles. The number of para-hydroxylation sites is 1. The summed E-state index contributed by atoms with van der Waals surface area (Å²) in [4.78, 5) is 27.6. The van der Waals surface area contributed by atoms with E-state index in [2.05, 4.69) is 33.0 Å². The number of nitrogens with zero attached hydrogens (tertiary/aromatic N) is 1. The number of unbranched alkanes of at least 4 members (excludes halogenated alkanes) is 1. The smallest absolute Gasteiger partial charge is 0.261 e. The van der Waals surface area contributed by atoms with Gasteiger partial charge in [0.05, 0.1) is 0 Å². The molecule has 2 aromatic rings. The third kappa shape index (κ3) is 7.40. The third-order valence-corrected chi connectivity index (χ3v) is 5.48. The Balaban J connectivity index is 2.19. The molecule has 0 unspecified atom stereocenters. The van der Waals surface area contributed by atoms with Crippen LogP contribution in [0.15, 0.2) is 48.5 Å². The summed E-state index contributed by atoms with van der Waals surface area (Å²) in [6.07, 6.45) is 1.92. The second-order valence-electron chi connectivity index (χ2n) is 9.37. The first kappa shape index (κ1) is 25.4. The molecule has 0 saturated heterocycles. The van der Waals surface area contributed by atoms with Crippen LogP contribution in [0.5, 0.6) is 5.75 Å². The molecule has 1 N–H and O–H groups in total. The van der Waals surface area contributed by atoms with Crippen molar-refractivity contribution in [2.45, 2.75) is 72.4 Å². The lowest BCUT2D eigenvalue weighted by Crippen LogP contribution is -2.49. The number of benzene rings is 2. The lowest BCUT2D eigenvalue weighted by Gasteiger charge is -2.29. The Kier molecular flexibility index (Phi) is 9.30. The molecule has 0 saturated carbocycles. The van der Waals surface area contributed by atoms with E-state index in [4.69, 9.17) is 4.74 Å². The minimum Gasteiger partial charge on any atom is -0.483 e. The maximum atomic E-state index is 13.3. The van der Waals surface area contributed by atoms with Gasteiger partial charge in [0.25, 0.3) is 5.91 Å². The first-order valence-electron chi connectivity index (χ1n) is 11.5. The van der Waals surface area contributed by atoms with E-state index in [0.29, 0.717) is 18.8 Å². The molecule has 0 aliphatic carbocycles. The monoisotopic (exact) mass is 438 g/mol. The van der Waals surface area contributed by atoms with Gasteiger partial charge in [0.1, 0.15) is 11.8 Å². The molecule has 2 rings (SSSR count). The number of amides is 2. The lowest BCUT2D eigenvalue weighted by molar-refractivity contribution is -0.142. The van der Waals surface area contributed by atoms with Crippen LogP contribution in [-0.2, 0) is 21.5 Å². The van der Waals surface area contributed by atoms with Crippen molar-refractivity contribution in [3.63, 3.8) is 0 Å². The Morgan fingerprint density at radius 2 is 1.81 bits per heavy atom. The van der Waals surface area contributed by atoms with Crippen molar-refractivity contribution in [3.05, 3.63) is 65.2 Å². The minimum atomic E-state index is -0.596. The highest BCUT2D eigenvalue weighted by atomic mass is 16.5. The average molecular weight is 439 g/mol. The molecule has 32 heavy (non-hydrogen) atoms. The fraction of sp³-hybridized carbons (Fsp3) is 0.481. The van der Waals surface area contributed by atoms with Gasteiger partial charge in [-0.25, -0.2) is 0 Å². The topological polar surface area (TPSA) is 58.6 Å². The van der Waals surface area contributed by atoms with E-state index in [-0.39, 0.29) is 23.8 Å². The van der Waals surface area contributed by atoms with E-state index in [1.54, 1.807) is 11.8 Å². The molecule has 0 aliphatic heterocycles. The Morgan fingerprint density at radius 1 is 1.09 bits per heavy atom. The highest BCUT2D eigenvalue weighted by Crippen LogP contribution is 2.31. The third-order valence-electron chi connectivity index (χ3n) is 5.48. The number of hydrogen-bond acceptors (Lipinski definition) is 3. The predicted octanol–water partition coefficient (Wildman–Crippen LogP) is 5.00. The van der Waals surface area contributed by atoms with Crippen molar-refractivity contribution in [1.82, 2.24) is 10.2 Å². The van der Waals surface area contributed by atoms with Crippen molar-refractivity contribution in [1.29, 1.82) is 0 Å². The Labute approximate surface area is 193 Å². The molecule has 1 atom stereocenters. The number of hydrogen-bond donors (Lipinski definition) is 1. The van der Waals surface area contributed by atoms with Crippen LogP contribution in [-0.4, -0.2) is 35.9 Å². The summed E-state index contributed by atoms with van der Waals surface area (Å²) < 4.78 is 5.97. The van der Waals surface area contributed by atoms with Crippen LogP contribution in [0.25, 0.3) is 0 Å². The maximum absolute atomic E-state index is 13.3. The van der Waals surface area contributed by atoms with Crippen LogP contribution in [0.2, 0.25) is 0 Å². The van der Waals surface area contributed by atoms with Crippen molar-refractivity contribution >= 4 is 11.8 Å². The number of nitrogens with one attached hydrogen (secondary N) is 1. The van der Waals surface area contributed by atoms with Crippen LogP contribution in [0.4, 0.5) is 0 Å². The van der Waals surface area contributed by atoms with E-state index in [1.165, 1.54) is 0 Å². The second kappa shape index (κ2) is 11.7. The number of ether oxygens (including phenoxy) is 1. The van der Waals surface area contributed by atoms with Crippen molar-refractivity contribution in [3.8, 4) is 5.75 Å². The van der Waals surface area contributed by atoms with Gasteiger partial charge in [-0.1, -0.05) is 82.1 Å². The fourth-order valence-corrected chi connectivity index (χ4v) is 3.56. The van der Waals surface area contributed by atoms with E-state index in [1.807, 2.05) is 55.5 Å². The van der Waals surface area contributed by atoms with E-state index < -0.39 is 6.04 Å². The van der Waals surface area contributed by atoms with Crippen LogP contribution in [0.1, 0.15) is 64.2 Å². The number of carbonyl (C=O) groups is 2. The van der Waals surface area contributed by atoms with Gasteiger partial charge in [-0.3, -0.25) is 9.59 Å². The van der Waals surface area contributed by atoms with Crippen LogP contribution < -0.4 is 10.1 Å². The molecule has 0 radical (unpaired) electrons. The van der Waals surface area contributed by atoms with Crippen molar-refractivity contribution < 1.29 is 14.3 Å². The molecular formula is C27H38N2O3. The van der Waals surface area contributed by atoms with E-state index in [0.717, 1.165) is 29.5 Å². The standard InChI is InChI=1S/C27H38N2O3/c1-7-8-16-28-26(31)21(3)29(18-22-13-11-12-20(2)17-22)25(30)19-32-24-15-10-9-14-23(24)27(4,5)6/h9-15,17,21H,7-8,16,18-19H2,1-6H3,(H,28,31)/t21-/m0/s1. The van der Waals surface area contributed by atoms with Gasteiger partial charge in [0.2, 0.25) is 5.91 Å².